The monoisotopic (exact) mass is 307 g/mol. The van der Waals surface area contributed by atoms with Gasteiger partial charge in [-0.3, -0.25) is 9.59 Å². The normalized spacial score (nSPS) is 15.5. The molecule has 1 aliphatic carbocycles. The molecule has 1 fully saturated rings. The number of anilines is 1. The van der Waals surface area contributed by atoms with Crippen LogP contribution in [0.4, 0.5) is 5.69 Å². The highest BCUT2D eigenvalue weighted by molar-refractivity contribution is 7.98. The molecule has 0 aliphatic heterocycles. The summed E-state index contributed by atoms with van der Waals surface area (Å²) >= 11 is 1.56. The average Bonchev–Trinajstić information content (AvgIpc) is 2.54. The zero-order valence-electron chi connectivity index (χ0n) is 12.3. The lowest BCUT2D eigenvalue weighted by atomic mass is 9.89. The Kier molecular flexibility index (Phi) is 6.11. The third-order valence-electron chi connectivity index (χ3n) is 3.67. The van der Waals surface area contributed by atoms with Crippen LogP contribution in [0.5, 0.6) is 0 Å². The molecule has 5 heteroatoms. The Hall–Kier alpha value is -1.49. The van der Waals surface area contributed by atoms with Crippen molar-refractivity contribution in [3.8, 4) is 0 Å². The SMILES string of the molecule is CSc1ccccc1NC(=O)COC(=O)C1CCCCC1. The van der Waals surface area contributed by atoms with Crippen LogP contribution < -0.4 is 5.32 Å². The Morgan fingerprint density at radius 1 is 1.24 bits per heavy atom. The van der Waals surface area contributed by atoms with E-state index in [2.05, 4.69) is 5.32 Å². The van der Waals surface area contributed by atoms with Crippen LogP contribution in [0.3, 0.4) is 0 Å². The lowest BCUT2D eigenvalue weighted by molar-refractivity contribution is -0.152. The molecule has 0 bridgehead atoms. The number of benzene rings is 1. The van der Waals surface area contributed by atoms with Gasteiger partial charge in [-0.2, -0.15) is 0 Å². The standard InChI is InChI=1S/C16H21NO3S/c1-21-14-10-6-5-9-13(14)17-15(18)11-20-16(19)12-7-3-2-4-8-12/h5-6,9-10,12H,2-4,7-8,11H2,1H3,(H,17,18). The minimum atomic E-state index is -0.291. The van der Waals surface area contributed by atoms with Gasteiger partial charge in [0.15, 0.2) is 6.61 Å². The Morgan fingerprint density at radius 3 is 2.67 bits per heavy atom. The molecule has 0 atom stereocenters. The number of hydrogen-bond acceptors (Lipinski definition) is 4. The maximum absolute atomic E-state index is 11.9. The molecule has 1 N–H and O–H groups in total. The van der Waals surface area contributed by atoms with Crippen LogP contribution in [-0.4, -0.2) is 24.7 Å². The van der Waals surface area contributed by atoms with Gasteiger partial charge < -0.3 is 10.1 Å². The van der Waals surface area contributed by atoms with Gasteiger partial charge in [0, 0.05) is 4.90 Å². The average molecular weight is 307 g/mol. The third kappa shape index (κ3) is 4.77. The molecule has 0 heterocycles. The second-order valence-corrected chi connectivity index (χ2v) is 6.04. The number of thioether (sulfide) groups is 1. The van der Waals surface area contributed by atoms with Crippen LogP contribution in [0.1, 0.15) is 32.1 Å². The van der Waals surface area contributed by atoms with Gasteiger partial charge >= 0.3 is 5.97 Å². The Bertz CT molecular complexity index is 498. The van der Waals surface area contributed by atoms with Gasteiger partial charge in [-0.05, 0) is 31.2 Å². The van der Waals surface area contributed by atoms with E-state index in [1.54, 1.807) is 11.8 Å². The first-order chi connectivity index (χ1) is 10.2. The van der Waals surface area contributed by atoms with E-state index < -0.39 is 0 Å². The van der Waals surface area contributed by atoms with Crippen molar-refractivity contribution in [2.75, 3.05) is 18.2 Å². The molecule has 114 valence electrons. The fourth-order valence-electron chi connectivity index (χ4n) is 2.53. The van der Waals surface area contributed by atoms with Gasteiger partial charge in [-0.25, -0.2) is 0 Å². The van der Waals surface area contributed by atoms with E-state index in [1.165, 1.54) is 6.42 Å². The maximum Gasteiger partial charge on any atom is 0.309 e. The molecule has 0 spiro atoms. The summed E-state index contributed by atoms with van der Waals surface area (Å²) in [6.07, 6.45) is 7.06. The number of hydrogen-bond donors (Lipinski definition) is 1. The van der Waals surface area contributed by atoms with Crippen molar-refractivity contribution < 1.29 is 14.3 Å². The summed E-state index contributed by atoms with van der Waals surface area (Å²) in [6.45, 7) is -0.210. The smallest absolute Gasteiger partial charge is 0.309 e. The molecular formula is C16H21NO3S. The van der Waals surface area contributed by atoms with Crippen molar-refractivity contribution in [1.29, 1.82) is 0 Å². The van der Waals surface area contributed by atoms with E-state index >= 15 is 0 Å². The number of nitrogens with one attached hydrogen (secondary N) is 1. The van der Waals surface area contributed by atoms with Crippen LogP contribution >= 0.6 is 11.8 Å². The molecule has 21 heavy (non-hydrogen) atoms. The topological polar surface area (TPSA) is 55.4 Å². The van der Waals surface area contributed by atoms with Crippen LogP contribution in [0.25, 0.3) is 0 Å². The summed E-state index contributed by atoms with van der Waals surface area (Å²) in [6, 6.07) is 7.56. The Morgan fingerprint density at radius 2 is 1.95 bits per heavy atom. The van der Waals surface area contributed by atoms with E-state index in [1.807, 2.05) is 30.5 Å². The van der Waals surface area contributed by atoms with Gasteiger partial charge in [-0.1, -0.05) is 31.4 Å². The largest absolute Gasteiger partial charge is 0.455 e. The van der Waals surface area contributed by atoms with E-state index in [0.29, 0.717) is 0 Å². The zero-order chi connectivity index (χ0) is 15.1. The summed E-state index contributed by atoms with van der Waals surface area (Å²) in [5.41, 5.74) is 0.753. The fraction of sp³-hybridized carbons (Fsp3) is 0.500. The van der Waals surface area contributed by atoms with Crippen molar-refractivity contribution in [1.82, 2.24) is 0 Å². The molecule has 1 amide bonds. The number of amides is 1. The van der Waals surface area contributed by atoms with Gasteiger partial charge in [0.25, 0.3) is 5.91 Å². The van der Waals surface area contributed by atoms with Crippen molar-refractivity contribution in [2.45, 2.75) is 37.0 Å². The molecule has 1 aliphatic rings. The van der Waals surface area contributed by atoms with E-state index in [4.69, 9.17) is 4.74 Å². The maximum atomic E-state index is 11.9. The molecular weight excluding hydrogens is 286 g/mol. The predicted molar refractivity (Wildman–Crippen MR) is 84.4 cm³/mol. The fourth-order valence-corrected chi connectivity index (χ4v) is 3.08. The van der Waals surface area contributed by atoms with Gasteiger partial charge in [0.2, 0.25) is 0 Å². The molecule has 0 saturated heterocycles. The summed E-state index contributed by atoms with van der Waals surface area (Å²) in [4.78, 5) is 24.7. The Labute approximate surface area is 129 Å². The number of ether oxygens (including phenoxy) is 1. The van der Waals surface area contributed by atoms with Crippen molar-refractivity contribution in [2.24, 2.45) is 5.92 Å². The highest BCUT2D eigenvalue weighted by Gasteiger charge is 2.23. The first kappa shape index (κ1) is 15.9. The number of para-hydroxylation sites is 1. The Balaban J connectivity index is 1.80. The number of rotatable bonds is 5. The third-order valence-corrected chi connectivity index (χ3v) is 4.46. The molecule has 0 unspecified atom stereocenters. The van der Waals surface area contributed by atoms with Gasteiger partial charge in [-0.15, -0.1) is 11.8 Å². The van der Waals surface area contributed by atoms with E-state index in [0.717, 1.165) is 36.3 Å². The van der Waals surface area contributed by atoms with Crippen molar-refractivity contribution in [3.05, 3.63) is 24.3 Å². The summed E-state index contributed by atoms with van der Waals surface area (Å²) in [5, 5.41) is 2.78. The van der Waals surface area contributed by atoms with Crippen molar-refractivity contribution >= 4 is 29.3 Å². The van der Waals surface area contributed by atoms with Crippen molar-refractivity contribution in [3.63, 3.8) is 0 Å². The van der Waals surface area contributed by atoms with E-state index in [-0.39, 0.29) is 24.4 Å². The molecule has 1 saturated carbocycles. The highest BCUT2D eigenvalue weighted by atomic mass is 32.2. The summed E-state index contributed by atoms with van der Waals surface area (Å²) in [7, 11) is 0. The highest BCUT2D eigenvalue weighted by Crippen LogP contribution is 2.25. The van der Waals surface area contributed by atoms with Crippen LogP contribution in [0, 0.1) is 5.92 Å². The second kappa shape index (κ2) is 8.08. The van der Waals surface area contributed by atoms with Crippen LogP contribution in [0.2, 0.25) is 0 Å². The molecule has 1 aromatic carbocycles. The molecule has 0 radical (unpaired) electrons. The second-order valence-electron chi connectivity index (χ2n) is 5.19. The summed E-state index contributed by atoms with van der Waals surface area (Å²) < 4.78 is 5.13. The first-order valence-electron chi connectivity index (χ1n) is 7.30. The van der Waals surface area contributed by atoms with Crippen LogP contribution in [-0.2, 0) is 14.3 Å². The molecule has 1 aromatic rings. The summed E-state index contributed by atoms with van der Waals surface area (Å²) in [5.74, 6) is -0.548. The number of esters is 1. The lowest BCUT2D eigenvalue weighted by Crippen LogP contribution is -2.26. The molecule has 4 nitrogen and oxygen atoms in total. The predicted octanol–water partition coefficient (Wildman–Crippen LogP) is 3.47. The molecule has 0 aromatic heterocycles. The number of carbonyl (C=O) groups is 2. The van der Waals surface area contributed by atoms with Gasteiger partial charge in [0.05, 0.1) is 11.6 Å². The molecule has 2 rings (SSSR count). The zero-order valence-corrected chi connectivity index (χ0v) is 13.1. The minimum Gasteiger partial charge on any atom is -0.455 e. The minimum absolute atomic E-state index is 0.0231. The quantitative estimate of drug-likeness (QED) is 0.668. The van der Waals surface area contributed by atoms with E-state index in [9.17, 15) is 9.59 Å². The van der Waals surface area contributed by atoms with Crippen LogP contribution in [0.15, 0.2) is 29.2 Å². The number of carbonyl (C=O) groups excluding carboxylic acids is 2. The lowest BCUT2D eigenvalue weighted by Gasteiger charge is -2.19. The van der Waals surface area contributed by atoms with Gasteiger partial charge in [0.1, 0.15) is 0 Å². The first-order valence-corrected chi connectivity index (χ1v) is 8.52.